The van der Waals surface area contributed by atoms with Gasteiger partial charge in [0, 0.05) is 19.2 Å². The van der Waals surface area contributed by atoms with Crippen LogP contribution < -0.4 is 11.3 Å². The van der Waals surface area contributed by atoms with E-state index in [1.807, 2.05) is 13.0 Å². The third kappa shape index (κ3) is 3.59. The molecule has 2 rings (SSSR count). The fraction of sp³-hybridized carbons (Fsp3) is 0.643. The summed E-state index contributed by atoms with van der Waals surface area (Å²) >= 11 is 0. The molecule has 6 heteroatoms. The van der Waals surface area contributed by atoms with Crippen molar-refractivity contribution < 1.29 is 13.9 Å². The fourth-order valence-corrected chi connectivity index (χ4v) is 2.80. The second-order valence-electron chi connectivity index (χ2n) is 5.40. The van der Waals surface area contributed by atoms with Crippen molar-refractivity contribution in [2.24, 2.45) is 11.8 Å². The van der Waals surface area contributed by atoms with E-state index < -0.39 is 0 Å². The normalized spacial score (nSPS) is 20.1. The van der Waals surface area contributed by atoms with Crippen LogP contribution in [0.4, 0.5) is 0 Å². The molecular weight excluding hydrogens is 258 g/mol. The van der Waals surface area contributed by atoms with Gasteiger partial charge in [0.2, 0.25) is 0 Å². The zero-order chi connectivity index (χ0) is 14.5. The molecule has 1 saturated heterocycles. The smallest absolute Gasteiger partial charge is 0.301 e. The Kier molecular flexibility index (Phi) is 5.17. The summed E-state index contributed by atoms with van der Waals surface area (Å²) in [4.78, 5) is 13.9. The number of amides is 1. The number of methoxy groups -OCH3 is 1. The highest BCUT2D eigenvalue weighted by Crippen LogP contribution is 2.21. The van der Waals surface area contributed by atoms with Crippen LogP contribution in [0.15, 0.2) is 10.5 Å². The molecule has 0 radical (unpaired) electrons. The summed E-state index contributed by atoms with van der Waals surface area (Å²) in [5, 5.41) is 0. The van der Waals surface area contributed by atoms with Crippen molar-refractivity contribution in [2.45, 2.75) is 26.3 Å². The topological polar surface area (TPSA) is 80.7 Å². The molecule has 0 saturated carbocycles. The summed E-state index contributed by atoms with van der Waals surface area (Å²) in [6.07, 6.45) is 2.38. The summed E-state index contributed by atoms with van der Waals surface area (Å²) in [6, 6.07) is 1.91. The molecule has 20 heavy (non-hydrogen) atoms. The second kappa shape index (κ2) is 6.88. The number of nitrogen functional groups attached to an aromatic ring is 1. The minimum absolute atomic E-state index is 0.299. The monoisotopic (exact) mass is 281 g/mol. The Hall–Kier alpha value is -1.37. The van der Waals surface area contributed by atoms with Crippen molar-refractivity contribution in [3.05, 3.63) is 23.2 Å². The number of aryl methyl sites for hydroxylation is 1. The maximum absolute atomic E-state index is 11.5. The Bertz CT molecular complexity index is 457. The van der Waals surface area contributed by atoms with Crippen LogP contribution in [0.3, 0.4) is 0 Å². The Morgan fingerprint density at radius 2 is 2.45 bits per heavy atom. The number of hydrogen-bond donors (Lipinski definition) is 2. The van der Waals surface area contributed by atoms with E-state index in [0.29, 0.717) is 11.7 Å². The molecule has 0 aliphatic carbocycles. The van der Waals surface area contributed by atoms with Crippen LogP contribution in [0.5, 0.6) is 0 Å². The van der Waals surface area contributed by atoms with Gasteiger partial charge in [-0.1, -0.05) is 0 Å². The van der Waals surface area contributed by atoms with Gasteiger partial charge >= 0.3 is 5.91 Å². The number of ether oxygens (including phenoxy) is 1. The van der Waals surface area contributed by atoms with E-state index in [4.69, 9.17) is 15.0 Å². The zero-order valence-electron chi connectivity index (χ0n) is 12.1. The van der Waals surface area contributed by atoms with Gasteiger partial charge in [-0.15, -0.1) is 0 Å². The van der Waals surface area contributed by atoms with Gasteiger partial charge in [-0.05, 0) is 38.3 Å². The lowest BCUT2D eigenvalue weighted by Gasteiger charge is -2.31. The zero-order valence-corrected chi connectivity index (χ0v) is 12.1. The minimum atomic E-state index is -0.385. The highest BCUT2D eigenvalue weighted by molar-refractivity contribution is 5.92. The number of hydrazine groups is 1. The van der Waals surface area contributed by atoms with Gasteiger partial charge in [0.25, 0.3) is 0 Å². The van der Waals surface area contributed by atoms with Gasteiger partial charge < -0.3 is 9.15 Å². The van der Waals surface area contributed by atoms with Crippen molar-refractivity contribution in [1.82, 2.24) is 10.3 Å². The third-order valence-electron chi connectivity index (χ3n) is 3.69. The average Bonchev–Trinajstić information content (AvgIpc) is 2.79. The first-order valence-corrected chi connectivity index (χ1v) is 6.95. The van der Waals surface area contributed by atoms with Gasteiger partial charge in [0.05, 0.1) is 13.2 Å². The van der Waals surface area contributed by atoms with Crippen molar-refractivity contribution in [2.75, 3.05) is 26.8 Å². The number of piperidine rings is 1. The van der Waals surface area contributed by atoms with E-state index in [9.17, 15) is 4.79 Å². The van der Waals surface area contributed by atoms with Gasteiger partial charge in [-0.2, -0.15) is 0 Å². The molecule has 1 fully saturated rings. The lowest BCUT2D eigenvalue weighted by molar-refractivity contribution is 0.0827. The van der Waals surface area contributed by atoms with Gasteiger partial charge in [-0.25, -0.2) is 5.84 Å². The summed E-state index contributed by atoms with van der Waals surface area (Å²) < 4.78 is 10.8. The molecule has 1 aromatic rings. The maximum atomic E-state index is 11.5. The van der Waals surface area contributed by atoms with Crippen LogP contribution >= 0.6 is 0 Å². The van der Waals surface area contributed by atoms with Crippen LogP contribution in [0.2, 0.25) is 0 Å². The van der Waals surface area contributed by atoms with Crippen molar-refractivity contribution in [1.29, 1.82) is 0 Å². The predicted molar refractivity (Wildman–Crippen MR) is 75.0 cm³/mol. The van der Waals surface area contributed by atoms with E-state index in [1.165, 1.54) is 12.8 Å². The highest BCUT2D eigenvalue weighted by atomic mass is 16.5. The van der Waals surface area contributed by atoms with Crippen molar-refractivity contribution in [3.8, 4) is 0 Å². The van der Waals surface area contributed by atoms with Crippen molar-refractivity contribution >= 4 is 5.91 Å². The minimum Gasteiger partial charge on any atom is -0.454 e. The second-order valence-corrected chi connectivity index (χ2v) is 5.40. The van der Waals surface area contributed by atoms with E-state index in [-0.39, 0.29) is 5.91 Å². The Morgan fingerprint density at radius 1 is 1.65 bits per heavy atom. The summed E-state index contributed by atoms with van der Waals surface area (Å²) in [7, 11) is 1.74. The van der Waals surface area contributed by atoms with Crippen LogP contribution in [0, 0.1) is 12.8 Å². The lowest BCUT2D eigenvalue weighted by Crippen LogP contribution is -2.36. The summed E-state index contributed by atoms with van der Waals surface area (Å²) in [5.41, 5.74) is 2.91. The van der Waals surface area contributed by atoms with Crippen LogP contribution in [-0.2, 0) is 11.3 Å². The Labute approximate surface area is 119 Å². The SMILES string of the molecule is COCC1CCCN(Cc2cc(C)c(C(=O)NN)o2)C1. The van der Waals surface area contributed by atoms with Gasteiger partial charge in [0.15, 0.2) is 5.76 Å². The van der Waals surface area contributed by atoms with E-state index in [0.717, 1.165) is 37.6 Å². The first-order chi connectivity index (χ1) is 9.63. The molecular formula is C14H23N3O3. The van der Waals surface area contributed by atoms with Gasteiger partial charge in [0.1, 0.15) is 5.76 Å². The molecule has 1 aliphatic heterocycles. The standard InChI is InChI=1S/C14H23N3O3/c1-10-6-12(20-13(10)14(18)16-15)8-17-5-3-4-11(7-17)9-19-2/h6,11H,3-5,7-9,15H2,1-2H3,(H,16,18). The summed E-state index contributed by atoms with van der Waals surface area (Å²) in [5.74, 6) is 6.43. The number of nitrogens with one attached hydrogen (secondary N) is 1. The van der Waals surface area contributed by atoms with Gasteiger partial charge in [-0.3, -0.25) is 15.1 Å². The largest absolute Gasteiger partial charge is 0.454 e. The van der Waals surface area contributed by atoms with E-state index in [1.54, 1.807) is 7.11 Å². The predicted octanol–water partition coefficient (Wildman–Crippen LogP) is 1.05. The Morgan fingerprint density at radius 3 is 3.15 bits per heavy atom. The molecule has 1 atom stereocenters. The molecule has 1 amide bonds. The number of rotatable bonds is 5. The highest BCUT2D eigenvalue weighted by Gasteiger charge is 2.22. The number of carbonyl (C=O) groups excluding carboxylic acids is 1. The number of furan rings is 1. The lowest BCUT2D eigenvalue weighted by atomic mass is 9.99. The van der Waals surface area contributed by atoms with Crippen LogP contribution in [-0.4, -0.2) is 37.6 Å². The third-order valence-corrected chi connectivity index (χ3v) is 3.69. The van der Waals surface area contributed by atoms with Crippen LogP contribution in [0.25, 0.3) is 0 Å². The molecule has 0 spiro atoms. The first-order valence-electron chi connectivity index (χ1n) is 6.95. The molecule has 1 aliphatic rings. The number of carbonyl (C=O) groups is 1. The Balaban J connectivity index is 1.97. The molecule has 3 N–H and O–H groups in total. The number of hydrogen-bond acceptors (Lipinski definition) is 5. The maximum Gasteiger partial charge on any atom is 0.301 e. The molecule has 6 nitrogen and oxygen atoms in total. The first kappa shape index (κ1) is 15.0. The number of likely N-dealkylation sites (tertiary alicyclic amines) is 1. The molecule has 1 aromatic heterocycles. The summed E-state index contributed by atoms with van der Waals surface area (Å²) in [6.45, 7) is 5.43. The fourth-order valence-electron chi connectivity index (χ4n) is 2.80. The number of nitrogens with zero attached hydrogens (tertiary/aromatic N) is 1. The van der Waals surface area contributed by atoms with E-state index >= 15 is 0 Å². The molecule has 1 unspecified atom stereocenters. The quantitative estimate of drug-likeness (QED) is 0.479. The van der Waals surface area contributed by atoms with E-state index in [2.05, 4.69) is 10.3 Å². The molecule has 0 bridgehead atoms. The molecule has 0 aromatic carbocycles. The molecule has 2 heterocycles. The van der Waals surface area contributed by atoms with Crippen molar-refractivity contribution in [3.63, 3.8) is 0 Å². The molecule has 112 valence electrons. The van der Waals surface area contributed by atoms with Crippen LogP contribution in [0.1, 0.15) is 34.7 Å². The average molecular weight is 281 g/mol. The number of nitrogens with two attached hydrogens (primary N) is 1.